The van der Waals surface area contributed by atoms with E-state index < -0.39 is 0 Å². The van der Waals surface area contributed by atoms with Crippen molar-refractivity contribution in [3.63, 3.8) is 0 Å². The first-order valence-electron chi connectivity index (χ1n) is 7.42. The van der Waals surface area contributed by atoms with Crippen molar-refractivity contribution < 1.29 is 14.2 Å². The topological polar surface area (TPSA) is 66.6 Å². The highest BCUT2D eigenvalue weighted by atomic mass is 16.5. The third-order valence-electron chi connectivity index (χ3n) is 3.55. The minimum Gasteiger partial charge on any atom is -0.496 e. The van der Waals surface area contributed by atoms with Gasteiger partial charge >= 0.3 is 0 Å². The smallest absolute Gasteiger partial charge is 0.219 e. The fourth-order valence-corrected chi connectivity index (χ4v) is 2.40. The number of anilines is 1. The van der Waals surface area contributed by atoms with Gasteiger partial charge in [-0.3, -0.25) is 0 Å². The molecule has 0 aliphatic heterocycles. The molecular formula is C19H18N2O3. The minimum absolute atomic E-state index is 0.492. The van der Waals surface area contributed by atoms with Gasteiger partial charge < -0.3 is 19.9 Å². The first kappa shape index (κ1) is 15.7. The van der Waals surface area contributed by atoms with Gasteiger partial charge in [-0.25, -0.2) is 4.98 Å². The molecule has 1 aromatic heterocycles. The zero-order valence-electron chi connectivity index (χ0n) is 13.5. The molecule has 1 heterocycles. The van der Waals surface area contributed by atoms with E-state index in [-0.39, 0.29) is 0 Å². The molecule has 2 aromatic carbocycles. The largest absolute Gasteiger partial charge is 0.496 e. The molecule has 5 nitrogen and oxygen atoms in total. The Morgan fingerprint density at radius 2 is 1.50 bits per heavy atom. The molecule has 2 N–H and O–H groups in total. The number of methoxy groups -OCH3 is 2. The summed E-state index contributed by atoms with van der Waals surface area (Å²) < 4.78 is 16.6. The molecule has 0 unspecified atom stereocenters. The molecule has 0 saturated heterocycles. The number of hydrogen-bond acceptors (Lipinski definition) is 5. The maximum absolute atomic E-state index is 5.71. The van der Waals surface area contributed by atoms with Crippen molar-refractivity contribution in [2.75, 3.05) is 20.0 Å². The molecule has 3 rings (SSSR count). The van der Waals surface area contributed by atoms with E-state index >= 15 is 0 Å². The monoisotopic (exact) mass is 322 g/mol. The number of pyridine rings is 1. The average Bonchev–Trinajstić information content (AvgIpc) is 2.63. The van der Waals surface area contributed by atoms with Gasteiger partial charge in [0.25, 0.3) is 0 Å². The summed E-state index contributed by atoms with van der Waals surface area (Å²) >= 11 is 0. The van der Waals surface area contributed by atoms with Gasteiger partial charge in [0.05, 0.1) is 31.7 Å². The Kier molecular flexibility index (Phi) is 4.52. The van der Waals surface area contributed by atoms with Gasteiger partial charge in [0.1, 0.15) is 17.2 Å². The maximum Gasteiger partial charge on any atom is 0.219 e. The number of rotatable bonds is 5. The van der Waals surface area contributed by atoms with Gasteiger partial charge in [0, 0.05) is 6.07 Å². The number of nitrogens with zero attached hydrogens (tertiary/aromatic N) is 1. The highest BCUT2D eigenvalue weighted by Gasteiger charge is 2.12. The van der Waals surface area contributed by atoms with Crippen LogP contribution in [-0.4, -0.2) is 19.2 Å². The van der Waals surface area contributed by atoms with E-state index in [0.29, 0.717) is 17.3 Å². The molecule has 0 atom stereocenters. The molecule has 3 aromatic rings. The normalized spacial score (nSPS) is 10.2. The Labute approximate surface area is 140 Å². The molecular weight excluding hydrogens is 304 g/mol. The molecule has 0 spiro atoms. The summed E-state index contributed by atoms with van der Waals surface area (Å²) in [6.07, 6.45) is 1.56. The predicted molar refractivity (Wildman–Crippen MR) is 93.7 cm³/mol. The van der Waals surface area contributed by atoms with Crippen LogP contribution in [0.2, 0.25) is 0 Å². The van der Waals surface area contributed by atoms with E-state index in [1.54, 1.807) is 32.5 Å². The van der Waals surface area contributed by atoms with Crippen molar-refractivity contribution >= 4 is 5.69 Å². The summed E-state index contributed by atoms with van der Waals surface area (Å²) in [5, 5.41) is 0. The molecule has 0 radical (unpaired) electrons. The molecule has 0 aliphatic rings. The SMILES string of the molecule is COc1cccc(OC)c1-c1ccc(Oc2ccc(N)cn2)cc1. The number of aromatic nitrogens is 1. The van der Waals surface area contributed by atoms with E-state index in [2.05, 4.69) is 4.98 Å². The van der Waals surface area contributed by atoms with Crippen molar-refractivity contribution in [3.8, 4) is 34.3 Å². The van der Waals surface area contributed by atoms with Gasteiger partial charge in [0.2, 0.25) is 5.88 Å². The molecule has 0 amide bonds. The Hall–Kier alpha value is -3.21. The van der Waals surface area contributed by atoms with Crippen LogP contribution in [0, 0.1) is 0 Å². The van der Waals surface area contributed by atoms with Crippen LogP contribution in [0.25, 0.3) is 11.1 Å². The second kappa shape index (κ2) is 6.91. The van der Waals surface area contributed by atoms with Crippen LogP contribution in [0.4, 0.5) is 5.69 Å². The van der Waals surface area contributed by atoms with Crippen LogP contribution in [0.5, 0.6) is 23.1 Å². The molecule has 0 aliphatic carbocycles. The molecule has 5 heteroatoms. The molecule has 0 bridgehead atoms. The first-order valence-corrected chi connectivity index (χ1v) is 7.42. The quantitative estimate of drug-likeness (QED) is 0.764. The molecule has 122 valence electrons. The van der Waals surface area contributed by atoms with Crippen LogP contribution in [0.3, 0.4) is 0 Å². The Morgan fingerprint density at radius 3 is 2.04 bits per heavy atom. The Bertz CT molecular complexity index is 793. The van der Waals surface area contributed by atoms with Crippen molar-refractivity contribution in [2.24, 2.45) is 0 Å². The average molecular weight is 322 g/mol. The van der Waals surface area contributed by atoms with Gasteiger partial charge in [-0.1, -0.05) is 18.2 Å². The molecule has 0 saturated carbocycles. The Morgan fingerprint density at radius 1 is 0.833 bits per heavy atom. The lowest BCUT2D eigenvalue weighted by molar-refractivity contribution is 0.397. The fraction of sp³-hybridized carbons (Fsp3) is 0.105. The fourth-order valence-electron chi connectivity index (χ4n) is 2.40. The summed E-state index contributed by atoms with van der Waals surface area (Å²) in [7, 11) is 3.28. The minimum atomic E-state index is 0.492. The van der Waals surface area contributed by atoms with Gasteiger partial charge in [0.15, 0.2) is 0 Å². The van der Waals surface area contributed by atoms with E-state index in [1.165, 1.54) is 0 Å². The zero-order valence-corrected chi connectivity index (χ0v) is 13.5. The van der Waals surface area contributed by atoms with Crippen LogP contribution in [0.1, 0.15) is 0 Å². The van der Waals surface area contributed by atoms with Crippen molar-refractivity contribution in [1.82, 2.24) is 4.98 Å². The number of hydrogen-bond donors (Lipinski definition) is 1. The molecule has 24 heavy (non-hydrogen) atoms. The summed E-state index contributed by atoms with van der Waals surface area (Å²) in [5.41, 5.74) is 8.09. The van der Waals surface area contributed by atoms with E-state index in [0.717, 1.165) is 22.6 Å². The number of nitrogen functional groups attached to an aromatic ring is 1. The molecule has 0 fully saturated rings. The van der Waals surface area contributed by atoms with Crippen LogP contribution >= 0.6 is 0 Å². The van der Waals surface area contributed by atoms with Crippen LogP contribution < -0.4 is 19.9 Å². The van der Waals surface area contributed by atoms with Gasteiger partial charge in [-0.2, -0.15) is 0 Å². The van der Waals surface area contributed by atoms with E-state index in [9.17, 15) is 0 Å². The highest BCUT2D eigenvalue weighted by molar-refractivity contribution is 5.77. The number of ether oxygens (including phenoxy) is 3. The van der Waals surface area contributed by atoms with Crippen molar-refractivity contribution in [3.05, 3.63) is 60.8 Å². The second-order valence-corrected chi connectivity index (χ2v) is 5.09. The van der Waals surface area contributed by atoms with E-state index in [1.807, 2.05) is 42.5 Å². The summed E-state index contributed by atoms with van der Waals surface area (Å²) in [6.45, 7) is 0. The van der Waals surface area contributed by atoms with Crippen molar-refractivity contribution in [1.29, 1.82) is 0 Å². The lowest BCUT2D eigenvalue weighted by atomic mass is 10.0. The van der Waals surface area contributed by atoms with Gasteiger partial charge in [-0.05, 0) is 35.9 Å². The first-order chi connectivity index (χ1) is 11.7. The highest BCUT2D eigenvalue weighted by Crippen LogP contribution is 2.38. The van der Waals surface area contributed by atoms with Crippen LogP contribution in [0.15, 0.2) is 60.8 Å². The maximum atomic E-state index is 5.71. The second-order valence-electron chi connectivity index (χ2n) is 5.09. The number of benzene rings is 2. The zero-order chi connectivity index (χ0) is 16.9. The standard InChI is InChI=1S/C19H18N2O3/c1-22-16-4-3-5-17(23-2)19(16)13-6-9-15(10-7-13)24-18-11-8-14(20)12-21-18/h3-12H,20H2,1-2H3. The lowest BCUT2D eigenvalue weighted by Gasteiger charge is -2.13. The predicted octanol–water partition coefficient (Wildman–Crippen LogP) is 4.14. The summed E-state index contributed by atoms with van der Waals surface area (Å²) in [4.78, 5) is 4.12. The van der Waals surface area contributed by atoms with Crippen LogP contribution in [-0.2, 0) is 0 Å². The Balaban J connectivity index is 1.88. The summed E-state index contributed by atoms with van der Waals surface area (Å²) in [5.74, 6) is 2.68. The third kappa shape index (κ3) is 3.25. The van der Waals surface area contributed by atoms with Crippen molar-refractivity contribution in [2.45, 2.75) is 0 Å². The summed E-state index contributed by atoms with van der Waals surface area (Å²) in [6, 6.07) is 16.8. The van der Waals surface area contributed by atoms with E-state index in [4.69, 9.17) is 19.9 Å². The lowest BCUT2D eigenvalue weighted by Crippen LogP contribution is -1.93. The number of nitrogens with two attached hydrogens (primary N) is 1. The third-order valence-corrected chi connectivity index (χ3v) is 3.55. The van der Waals surface area contributed by atoms with Gasteiger partial charge in [-0.15, -0.1) is 0 Å².